The van der Waals surface area contributed by atoms with Gasteiger partial charge in [0.15, 0.2) is 24.8 Å². The Morgan fingerprint density at radius 3 is 2.38 bits per heavy atom. The van der Waals surface area contributed by atoms with Crippen LogP contribution in [0.4, 0.5) is 11.1 Å². The van der Waals surface area contributed by atoms with E-state index in [0.29, 0.717) is 16.0 Å². The summed E-state index contributed by atoms with van der Waals surface area (Å²) in [4.78, 5) is 13.5. The molecule has 0 bridgehead atoms. The average Bonchev–Trinajstić information content (AvgIpc) is 3.14. The fourth-order valence-corrected chi connectivity index (χ4v) is 5.55. The summed E-state index contributed by atoms with van der Waals surface area (Å²) < 4.78 is 54.8. The number of aromatic nitrogens is 3. The molecule has 0 radical (unpaired) electrons. The van der Waals surface area contributed by atoms with Gasteiger partial charge < -0.3 is 4.74 Å². The van der Waals surface area contributed by atoms with Gasteiger partial charge in [0.05, 0.1) is 36.5 Å². The summed E-state index contributed by atoms with van der Waals surface area (Å²) in [5, 5.41) is 4.02. The first-order chi connectivity index (χ1) is 15.8. The Morgan fingerprint density at radius 1 is 0.971 bits per heavy atom. The molecule has 0 spiro atoms. The highest BCUT2D eigenvalue weighted by molar-refractivity contribution is 7.92. The van der Waals surface area contributed by atoms with Crippen LogP contribution in [0.1, 0.15) is 20.8 Å². The standard InChI is InChI=1S/C22H24N4O5S3/c1-22(2,3)34(29,30)14-9-10-16-15(13-14)19(31-11-12-33(4,27)28)25-20(23-16)26-21-24-17-7-5-6-8-18(17)32-21/h5-10,13H,11-12H2,1-4H3,(H,23,24,25,26). The predicted molar refractivity (Wildman–Crippen MR) is 135 cm³/mol. The van der Waals surface area contributed by atoms with Gasteiger partial charge in [-0.3, -0.25) is 5.32 Å². The van der Waals surface area contributed by atoms with E-state index in [4.69, 9.17) is 4.74 Å². The number of benzene rings is 2. The third kappa shape index (κ3) is 5.13. The van der Waals surface area contributed by atoms with Gasteiger partial charge in [-0.15, -0.1) is 0 Å². The maximum Gasteiger partial charge on any atom is 0.232 e. The van der Waals surface area contributed by atoms with Gasteiger partial charge in [0.25, 0.3) is 0 Å². The fourth-order valence-electron chi connectivity index (χ4n) is 3.08. The lowest BCUT2D eigenvalue weighted by atomic mass is 10.2. The van der Waals surface area contributed by atoms with Crippen LogP contribution in [0.5, 0.6) is 5.88 Å². The Hall–Kier alpha value is -2.83. The molecule has 2 aromatic heterocycles. The molecule has 1 N–H and O–H groups in total. The molecule has 4 rings (SSSR count). The minimum Gasteiger partial charge on any atom is -0.476 e. The van der Waals surface area contributed by atoms with Crippen molar-refractivity contribution in [1.82, 2.24) is 15.0 Å². The molecule has 0 amide bonds. The van der Waals surface area contributed by atoms with Crippen LogP contribution < -0.4 is 10.1 Å². The maximum atomic E-state index is 13.0. The molecule has 0 aliphatic heterocycles. The van der Waals surface area contributed by atoms with Crippen molar-refractivity contribution in [2.75, 3.05) is 23.9 Å². The van der Waals surface area contributed by atoms with Crippen LogP contribution in [0.2, 0.25) is 0 Å². The number of thiazole rings is 1. The second-order valence-electron chi connectivity index (χ2n) is 8.74. The number of anilines is 2. The first-order valence-corrected chi connectivity index (χ1v) is 14.7. The Balaban J connectivity index is 1.77. The largest absolute Gasteiger partial charge is 0.476 e. The minimum absolute atomic E-state index is 0.0863. The Bertz CT molecular complexity index is 1560. The molecule has 34 heavy (non-hydrogen) atoms. The molecule has 0 unspecified atom stereocenters. The average molecular weight is 521 g/mol. The van der Waals surface area contributed by atoms with Crippen LogP contribution >= 0.6 is 11.3 Å². The number of hydrogen-bond donors (Lipinski definition) is 1. The van der Waals surface area contributed by atoms with E-state index in [2.05, 4.69) is 20.3 Å². The van der Waals surface area contributed by atoms with Crippen molar-refractivity contribution in [2.24, 2.45) is 0 Å². The second kappa shape index (κ2) is 8.75. The highest BCUT2D eigenvalue weighted by atomic mass is 32.2. The SMILES string of the molecule is CC(C)(C)S(=O)(=O)c1ccc2nc(Nc3nc4ccccc4s3)nc(OCCS(C)(=O)=O)c2c1. The number of para-hydroxylation sites is 1. The van der Waals surface area contributed by atoms with Gasteiger partial charge in [-0.2, -0.15) is 4.98 Å². The summed E-state index contributed by atoms with van der Waals surface area (Å²) in [6.07, 6.45) is 1.11. The zero-order valence-electron chi connectivity index (χ0n) is 19.1. The second-order valence-corrected chi connectivity index (χ2v) is 14.7. The number of hydrogen-bond acceptors (Lipinski definition) is 10. The summed E-state index contributed by atoms with van der Waals surface area (Å²) in [5.74, 6) is 0.0783. The van der Waals surface area contributed by atoms with Crippen LogP contribution in [0.25, 0.3) is 21.1 Å². The Kier molecular flexibility index (Phi) is 6.25. The third-order valence-corrected chi connectivity index (χ3v) is 9.30. The van der Waals surface area contributed by atoms with E-state index >= 15 is 0 Å². The molecule has 0 aliphatic rings. The fraction of sp³-hybridized carbons (Fsp3) is 0.318. The van der Waals surface area contributed by atoms with Gasteiger partial charge in [0.2, 0.25) is 11.8 Å². The Labute approximate surface area is 202 Å². The van der Waals surface area contributed by atoms with Crippen molar-refractivity contribution in [1.29, 1.82) is 0 Å². The molecule has 0 atom stereocenters. The number of nitrogens with one attached hydrogen (secondary N) is 1. The summed E-state index contributed by atoms with van der Waals surface area (Å²) in [5.41, 5.74) is 1.28. The monoisotopic (exact) mass is 520 g/mol. The van der Waals surface area contributed by atoms with Crippen molar-refractivity contribution in [3.05, 3.63) is 42.5 Å². The first-order valence-electron chi connectivity index (χ1n) is 10.3. The first kappa shape index (κ1) is 24.3. The highest BCUT2D eigenvalue weighted by Gasteiger charge is 2.31. The molecule has 0 aliphatic carbocycles. The highest BCUT2D eigenvalue weighted by Crippen LogP contribution is 2.33. The van der Waals surface area contributed by atoms with Gasteiger partial charge >= 0.3 is 0 Å². The summed E-state index contributed by atoms with van der Waals surface area (Å²) >= 11 is 1.43. The van der Waals surface area contributed by atoms with E-state index in [1.807, 2.05) is 24.3 Å². The topological polar surface area (TPSA) is 128 Å². The van der Waals surface area contributed by atoms with Crippen molar-refractivity contribution in [2.45, 2.75) is 30.4 Å². The number of fused-ring (bicyclic) bond motifs is 2. The van der Waals surface area contributed by atoms with Crippen molar-refractivity contribution >= 4 is 63.2 Å². The molecule has 0 saturated carbocycles. The van der Waals surface area contributed by atoms with E-state index in [9.17, 15) is 16.8 Å². The number of nitrogens with zero attached hydrogens (tertiary/aromatic N) is 3. The van der Waals surface area contributed by atoms with E-state index < -0.39 is 24.4 Å². The zero-order valence-corrected chi connectivity index (χ0v) is 21.5. The van der Waals surface area contributed by atoms with Gasteiger partial charge in [0.1, 0.15) is 6.61 Å². The van der Waals surface area contributed by atoms with Gasteiger partial charge in [-0.1, -0.05) is 23.5 Å². The van der Waals surface area contributed by atoms with Crippen LogP contribution in [0.3, 0.4) is 0 Å². The molecule has 2 aromatic carbocycles. The van der Waals surface area contributed by atoms with E-state index in [0.717, 1.165) is 16.5 Å². The van der Waals surface area contributed by atoms with Crippen molar-refractivity contribution in [3.63, 3.8) is 0 Å². The molecular formula is C22H24N4O5S3. The van der Waals surface area contributed by atoms with E-state index in [1.165, 1.54) is 23.5 Å². The molecule has 4 aromatic rings. The van der Waals surface area contributed by atoms with Crippen molar-refractivity contribution < 1.29 is 21.6 Å². The number of ether oxygens (including phenoxy) is 1. The number of rotatable bonds is 7. The van der Waals surface area contributed by atoms with Crippen LogP contribution in [-0.2, 0) is 19.7 Å². The molecule has 12 heteroatoms. The smallest absolute Gasteiger partial charge is 0.232 e. The van der Waals surface area contributed by atoms with Gasteiger partial charge in [0, 0.05) is 6.26 Å². The van der Waals surface area contributed by atoms with E-state index in [-0.39, 0.29) is 29.1 Å². The molecule has 2 heterocycles. The molecule has 9 nitrogen and oxygen atoms in total. The van der Waals surface area contributed by atoms with Gasteiger partial charge in [-0.05, 0) is 51.1 Å². The summed E-state index contributed by atoms with van der Waals surface area (Å²) in [6, 6.07) is 12.2. The van der Waals surface area contributed by atoms with Crippen molar-refractivity contribution in [3.8, 4) is 5.88 Å². The van der Waals surface area contributed by atoms with Crippen LogP contribution in [0, 0.1) is 0 Å². The molecule has 0 fully saturated rings. The lowest BCUT2D eigenvalue weighted by Gasteiger charge is -2.19. The number of sulfone groups is 2. The quantitative estimate of drug-likeness (QED) is 0.385. The third-order valence-electron chi connectivity index (χ3n) is 4.95. The lowest BCUT2D eigenvalue weighted by molar-refractivity contribution is 0.332. The molecule has 180 valence electrons. The summed E-state index contributed by atoms with van der Waals surface area (Å²) in [7, 11) is -6.89. The predicted octanol–water partition coefficient (Wildman–Crippen LogP) is 3.98. The maximum absolute atomic E-state index is 13.0. The molecule has 0 saturated heterocycles. The summed E-state index contributed by atoms with van der Waals surface area (Å²) in [6.45, 7) is 4.73. The molecular weight excluding hydrogens is 496 g/mol. The zero-order chi connectivity index (χ0) is 24.7. The van der Waals surface area contributed by atoms with Gasteiger partial charge in [-0.25, -0.2) is 26.8 Å². The normalized spacial score (nSPS) is 12.8. The Morgan fingerprint density at radius 2 is 1.71 bits per heavy atom. The lowest BCUT2D eigenvalue weighted by Crippen LogP contribution is -2.27. The minimum atomic E-state index is -3.63. The van der Waals surface area contributed by atoms with E-state index in [1.54, 1.807) is 26.8 Å². The van der Waals surface area contributed by atoms with Crippen LogP contribution in [0.15, 0.2) is 47.4 Å². The van der Waals surface area contributed by atoms with Crippen LogP contribution in [-0.4, -0.2) is 55.2 Å².